The Morgan fingerprint density at radius 1 is 1.32 bits per heavy atom. The summed E-state index contributed by atoms with van der Waals surface area (Å²) < 4.78 is 13.6. The number of nitrogens with zero attached hydrogens (tertiary/aromatic N) is 2. The minimum absolute atomic E-state index is 0.296. The van der Waals surface area contributed by atoms with Gasteiger partial charge < -0.3 is 15.2 Å². The predicted octanol–water partition coefficient (Wildman–Crippen LogP) is 2.45. The van der Waals surface area contributed by atoms with Gasteiger partial charge in [-0.15, -0.1) is 0 Å². The first-order valence-electron chi connectivity index (χ1n) is 7.22. The van der Waals surface area contributed by atoms with Crippen LogP contribution >= 0.6 is 0 Å². The van der Waals surface area contributed by atoms with E-state index in [4.69, 9.17) is 15.2 Å². The molecule has 0 atom stereocenters. The van der Waals surface area contributed by atoms with E-state index in [9.17, 15) is 0 Å². The van der Waals surface area contributed by atoms with E-state index < -0.39 is 0 Å². The first kappa shape index (κ1) is 12.9. The van der Waals surface area contributed by atoms with Crippen LogP contribution in [0.1, 0.15) is 57.2 Å². The summed E-state index contributed by atoms with van der Waals surface area (Å²) in [5.74, 6) is 0.0773. The maximum atomic E-state index is 6.03. The van der Waals surface area contributed by atoms with Gasteiger partial charge in [0.15, 0.2) is 5.79 Å². The zero-order valence-corrected chi connectivity index (χ0v) is 11.8. The van der Waals surface area contributed by atoms with Crippen molar-refractivity contribution in [2.24, 2.45) is 0 Å². The van der Waals surface area contributed by atoms with Crippen molar-refractivity contribution in [2.75, 3.05) is 18.9 Å². The molecule has 1 saturated heterocycles. The largest absolute Gasteiger partial charge is 0.396 e. The van der Waals surface area contributed by atoms with Gasteiger partial charge in [0.25, 0.3) is 0 Å². The normalized spacial score (nSPS) is 23.5. The minimum atomic E-state index is -0.296. The second-order valence-corrected chi connectivity index (χ2v) is 5.94. The lowest BCUT2D eigenvalue weighted by atomic mass is 9.90. The Hall–Kier alpha value is -1.07. The van der Waals surface area contributed by atoms with Crippen LogP contribution in [-0.4, -0.2) is 28.8 Å². The summed E-state index contributed by atoms with van der Waals surface area (Å²) in [4.78, 5) is 0. The summed E-state index contributed by atoms with van der Waals surface area (Å²) in [6, 6.07) is 0.424. The molecule has 0 amide bonds. The van der Waals surface area contributed by atoms with Gasteiger partial charge in [0.1, 0.15) is 0 Å². The lowest BCUT2D eigenvalue weighted by molar-refractivity contribution is -0.181. The molecule has 0 bridgehead atoms. The van der Waals surface area contributed by atoms with E-state index in [0.29, 0.717) is 12.0 Å². The highest BCUT2D eigenvalue weighted by Crippen LogP contribution is 2.40. The zero-order valence-electron chi connectivity index (χ0n) is 11.8. The van der Waals surface area contributed by atoms with Crippen LogP contribution in [0, 0.1) is 0 Å². The van der Waals surface area contributed by atoms with Crippen molar-refractivity contribution in [2.45, 2.75) is 57.3 Å². The van der Waals surface area contributed by atoms with E-state index in [1.165, 1.54) is 0 Å². The van der Waals surface area contributed by atoms with Crippen molar-refractivity contribution in [1.82, 2.24) is 9.78 Å². The van der Waals surface area contributed by atoms with Gasteiger partial charge in [-0.3, -0.25) is 4.68 Å². The SMILES string of the molecule is CC(C)c1nn(C2CCC3(CC2)OCCO3)cc1N. The third-order valence-electron chi connectivity index (χ3n) is 4.24. The maximum Gasteiger partial charge on any atom is 0.168 e. The van der Waals surface area contributed by atoms with Gasteiger partial charge in [0.2, 0.25) is 0 Å². The van der Waals surface area contributed by atoms with E-state index in [2.05, 4.69) is 18.9 Å². The zero-order chi connectivity index (χ0) is 13.5. The Labute approximate surface area is 114 Å². The molecule has 0 radical (unpaired) electrons. The fourth-order valence-electron chi connectivity index (χ4n) is 3.15. The highest BCUT2D eigenvalue weighted by molar-refractivity contribution is 5.42. The maximum absolute atomic E-state index is 6.03. The predicted molar refractivity (Wildman–Crippen MR) is 72.9 cm³/mol. The first-order chi connectivity index (χ1) is 9.10. The average Bonchev–Trinajstić information content (AvgIpc) is 2.98. The van der Waals surface area contributed by atoms with Gasteiger partial charge in [-0.1, -0.05) is 13.8 Å². The third-order valence-corrected chi connectivity index (χ3v) is 4.24. The second-order valence-electron chi connectivity index (χ2n) is 5.94. The van der Waals surface area contributed by atoms with E-state index >= 15 is 0 Å². The Morgan fingerprint density at radius 2 is 1.95 bits per heavy atom. The van der Waals surface area contributed by atoms with Gasteiger partial charge in [-0.05, 0) is 18.8 Å². The molecule has 5 nitrogen and oxygen atoms in total. The van der Waals surface area contributed by atoms with Crippen molar-refractivity contribution in [3.8, 4) is 0 Å². The highest BCUT2D eigenvalue weighted by atomic mass is 16.7. The molecule has 1 aliphatic heterocycles. The van der Waals surface area contributed by atoms with E-state index in [1.807, 2.05) is 10.9 Å². The molecule has 3 rings (SSSR count). The number of aromatic nitrogens is 2. The summed E-state index contributed by atoms with van der Waals surface area (Å²) in [5, 5.41) is 4.66. The van der Waals surface area contributed by atoms with Gasteiger partial charge in [0, 0.05) is 19.0 Å². The standard InChI is InChI=1S/C14H23N3O2/c1-10(2)13-12(15)9-17(16-13)11-3-5-14(6-4-11)18-7-8-19-14/h9-11H,3-8,15H2,1-2H3. The van der Waals surface area contributed by atoms with Gasteiger partial charge in [-0.25, -0.2) is 0 Å². The molecule has 1 aromatic rings. The second kappa shape index (κ2) is 4.80. The Bertz CT molecular complexity index is 440. The van der Waals surface area contributed by atoms with Crippen LogP contribution in [0.5, 0.6) is 0 Å². The minimum Gasteiger partial charge on any atom is -0.396 e. The summed E-state index contributed by atoms with van der Waals surface area (Å²) in [6.45, 7) is 5.71. The lowest BCUT2D eigenvalue weighted by Gasteiger charge is -2.35. The molecule has 106 valence electrons. The molecule has 0 unspecified atom stereocenters. The van der Waals surface area contributed by atoms with Crippen LogP contribution in [0.4, 0.5) is 5.69 Å². The smallest absolute Gasteiger partial charge is 0.168 e. The molecule has 1 spiro atoms. The van der Waals surface area contributed by atoms with Crippen molar-refractivity contribution in [3.05, 3.63) is 11.9 Å². The molecule has 2 heterocycles. The van der Waals surface area contributed by atoms with Crippen molar-refractivity contribution in [3.63, 3.8) is 0 Å². The average molecular weight is 265 g/mol. The summed E-state index contributed by atoms with van der Waals surface area (Å²) >= 11 is 0. The van der Waals surface area contributed by atoms with E-state index in [0.717, 1.165) is 50.3 Å². The Morgan fingerprint density at radius 3 is 2.47 bits per heavy atom. The quantitative estimate of drug-likeness (QED) is 0.892. The van der Waals surface area contributed by atoms with Gasteiger partial charge in [-0.2, -0.15) is 5.10 Å². The van der Waals surface area contributed by atoms with E-state index in [1.54, 1.807) is 0 Å². The number of hydrogen-bond donors (Lipinski definition) is 1. The first-order valence-corrected chi connectivity index (χ1v) is 7.22. The fraction of sp³-hybridized carbons (Fsp3) is 0.786. The molecule has 19 heavy (non-hydrogen) atoms. The summed E-state index contributed by atoms with van der Waals surface area (Å²) in [7, 11) is 0. The molecule has 2 fully saturated rings. The molecular weight excluding hydrogens is 242 g/mol. The van der Waals surface area contributed by atoms with E-state index in [-0.39, 0.29) is 5.79 Å². The molecule has 2 N–H and O–H groups in total. The Kier molecular flexibility index (Phi) is 3.27. The monoisotopic (exact) mass is 265 g/mol. The number of rotatable bonds is 2. The molecular formula is C14H23N3O2. The third kappa shape index (κ3) is 2.37. The number of ether oxygens (including phenoxy) is 2. The van der Waals surface area contributed by atoms with Crippen LogP contribution < -0.4 is 5.73 Å². The molecule has 1 aromatic heterocycles. The van der Waals surface area contributed by atoms with Crippen LogP contribution in [0.3, 0.4) is 0 Å². The molecule has 1 saturated carbocycles. The van der Waals surface area contributed by atoms with Crippen LogP contribution in [-0.2, 0) is 9.47 Å². The molecule has 5 heteroatoms. The molecule has 0 aromatic carbocycles. The number of hydrogen-bond acceptors (Lipinski definition) is 4. The summed E-state index contributed by atoms with van der Waals surface area (Å²) in [6.07, 6.45) is 5.97. The highest BCUT2D eigenvalue weighted by Gasteiger charge is 2.40. The summed E-state index contributed by atoms with van der Waals surface area (Å²) in [5.41, 5.74) is 7.85. The number of anilines is 1. The van der Waals surface area contributed by atoms with Crippen molar-refractivity contribution < 1.29 is 9.47 Å². The Balaban J connectivity index is 1.69. The van der Waals surface area contributed by atoms with Crippen LogP contribution in [0.2, 0.25) is 0 Å². The number of nitrogens with two attached hydrogens (primary N) is 1. The fourth-order valence-corrected chi connectivity index (χ4v) is 3.15. The van der Waals surface area contributed by atoms with Crippen molar-refractivity contribution >= 4 is 5.69 Å². The molecule has 1 aliphatic carbocycles. The molecule has 2 aliphatic rings. The van der Waals surface area contributed by atoms with Crippen LogP contribution in [0.25, 0.3) is 0 Å². The van der Waals surface area contributed by atoms with Gasteiger partial charge >= 0.3 is 0 Å². The van der Waals surface area contributed by atoms with Crippen LogP contribution in [0.15, 0.2) is 6.20 Å². The van der Waals surface area contributed by atoms with Crippen molar-refractivity contribution in [1.29, 1.82) is 0 Å². The number of nitrogen functional groups attached to an aromatic ring is 1. The lowest BCUT2D eigenvalue weighted by Crippen LogP contribution is -2.35. The topological polar surface area (TPSA) is 62.3 Å². The van der Waals surface area contributed by atoms with Gasteiger partial charge in [0.05, 0.1) is 30.6 Å².